The largest absolute Gasteiger partial charge is 0.488 e. The highest BCUT2D eigenvalue weighted by molar-refractivity contribution is 6.30. The predicted octanol–water partition coefficient (Wildman–Crippen LogP) is 3.95. The lowest BCUT2D eigenvalue weighted by Gasteiger charge is -2.10. The number of hydrogen-bond donors (Lipinski definition) is 1. The second kappa shape index (κ2) is 5.27. The fourth-order valence-electron chi connectivity index (χ4n) is 1.59. The van der Waals surface area contributed by atoms with Crippen molar-refractivity contribution in [2.75, 3.05) is 5.73 Å². The minimum absolute atomic E-state index is 0.0976. The number of halogens is 2. The van der Waals surface area contributed by atoms with Crippen LogP contribution in [0.2, 0.25) is 5.02 Å². The summed E-state index contributed by atoms with van der Waals surface area (Å²) in [5.74, 6) is 0.204. The maximum Gasteiger partial charge on any atom is 0.148 e. The Hall–Kier alpha value is -1.74. The van der Waals surface area contributed by atoms with Crippen LogP contribution in [0.1, 0.15) is 11.1 Å². The summed E-state index contributed by atoms with van der Waals surface area (Å²) in [6.45, 7) is 2.03. The normalized spacial score (nSPS) is 10.4. The van der Waals surface area contributed by atoms with Gasteiger partial charge in [-0.25, -0.2) is 4.39 Å². The molecule has 2 aromatic rings. The zero-order valence-electron chi connectivity index (χ0n) is 9.91. The van der Waals surface area contributed by atoms with Crippen LogP contribution in [0.15, 0.2) is 36.4 Å². The molecule has 0 amide bonds. The summed E-state index contributed by atoms with van der Waals surface area (Å²) in [6, 6.07) is 10.2. The third-order valence-corrected chi connectivity index (χ3v) is 2.92. The van der Waals surface area contributed by atoms with Crippen molar-refractivity contribution in [1.29, 1.82) is 0 Å². The first-order valence-corrected chi connectivity index (χ1v) is 5.87. The first kappa shape index (κ1) is 12.7. The molecule has 18 heavy (non-hydrogen) atoms. The van der Waals surface area contributed by atoms with Gasteiger partial charge in [-0.1, -0.05) is 29.8 Å². The minimum atomic E-state index is -0.444. The van der Waals surface area contributed by atoms with Gasteiger partial charge in [-0.3, -0.25) is 0 Å². The van der Waals surface area contributed by atoms with Gasteiger partial charge in [0.05, 0.1) is 5.02 Å². The Labute approximate surface area is 110 Å². The van der Waals surface area contributed by atoms with Crippen molar-refractivity contribution < 1.29 is 9.13 Å². The van der Waals surface area contributed by atoms with Crippen LogP contribution >= 0.6 is 11.6 Å². The van der Waals surface area contributed by atoms with Crippen LogP contribution < -0.4 is 10.5 Å². The van der Waals surface area contributed by atoms with Gasteiger partial charge in [0.25, 0.3) is 0 Å². The summed E-state index contributed by atoms with van der Waals surface area (Å²) in [5.41, 5.74) is 7.66. The lowest BCUT2D eigenvalue weighted by molar-refractivity contribution is 0.298. The highest BCUT2D eigenvalue weighted by Crippen LogP contribution is 2.23. The van der Waals surface area contributed by atoms with Crippen LogP contribution in [0.25, 0.3) is 0 Å². The molecule has 0 unspecified atom stereocenters. The van der Waals surface area contributed by atoms with Crippen LogP contribution in [0, 0.1) is 12.7 Å². The molecule has 0 aliphatic rings. The summed E-state index contributed by atoms with van der Waals surface area (Å²) in [6.07, 6.45) is 0. The topological polar surface area (TPSA) is 35.2 Å². The fourth-order valence-corrected chi connectivity index (χ4v) is 1.78. The molecule has 0 fully saturated rings. The van der Waals surface area contributed by atoms with Gasteiger partial charge < -0.3 is 10.5 Å². The van der Waals surface area contributed by atoms with E-state index in [4.69, 9.17) is 22.1 Å². The Balaban J connectivity index is 2.16. The number of nitrogens with two attached hydrogens (primary N) is 1. The number of aryl methyl sites for hydroxylation is 1. The van der Waals surface area contributed by atoms with E-state index in [1.54, 1.807) is 24.3 Å². The number of rotatable bonds is 3. The van der Waals surface area contributed by atoms with E-state index in [1.165, 1.54) is 6.07 Å². The molecule has 0 atom stereocenters. The molecule has 0 spiro atoms. The molecular weight excluding hydrogens is 253 g/mol. The van der Waals surface area contributed by atoms with Gasteiger partial charge in [0, 0.05) is 17.3 Å². The molecule has 4 heteroatoms. The summed E-state index contributed by atoms with van der Waals surface area (Å²) >= 11 is 5.70. The van der Waals surface area contributed by atoms with E-state index >= 15 is 0 Å². The van der Waals surface area contributed by atoms with E-state index in [0.717, 1.165) is 5.56 Å². The van der Waals surface area contributed by atoms with Crippen molar-refractivity contribution in [3.8, 4) is 5.75 Å². The number of benzene rings is 2. The summed E-state index contributed by atoms with van der Waals surface area (Å²) in [5, 5.41) is 0.0976. The van der Waals surface area contributed by atoms with Gasteiger partial charge in [-0.05, 0) is 24.6 Å². The number of hydrogen-bond acceptors (Lipinski definition) is 2. The van der Waals surface area contributed by atoms with E-state index < -0.39 is 5.82 Å². The van der Waals surface area contributed by atoms with Gasteiger partial charge in [0.2, 0.25) is 0 Å². The lowest BCUT2D eigenvalue weighted by atomic mass is 10.2. The first-order chi connectivity index (χ1) is 8.58. The fraction of sp³-hybridized carbons (Fsp3) is 0.143. The van der Waals surface area contributed by atoms with E-state index in [2.05, 4.69) is 0 Å². The quantitative estimate of drug-likeness (QED) is 0.853. The van der Waals surface area contributed by atoms with Crippen LogP contribution in [0.5, 0.6) is 5.75 Å². The van der Waals surface area contributed by atoms with E-state index in [-0.39, 0.29) is 11.6 Å². The van der Waals surface area contributed by atoms with E-state index in [9.17, 15) is 4.39 Å². The number of anilines is 1. The van der Waals surface area contributed by atoms with Crippen molar-refractivity contribution in [1.82, 2.24) is 0 Å². The Morgan fingerprint density at radius 1 is 1.28 bits per heavy atom. The van der Waals surface area contributed by atoms with Crippen molar-refractivity contribution in [2.45, 2.75) is 13.5 Å². The van der Waals surface area contributed by atoms with Crippen LogP contribution in [0.3, 0.4) is 0 Å². The Bertz CT molecular complexity index is 570. The first-order valence-electron chi connectivity index (χ1n) is 5.50. The minimum Gasteiger partial charge on any atom is -0.488 e. The van der Waals surface area contributed by atoms with Crippen LogP contribution in [-0.4, -0.2) is 0 Å². The summed E-state index contributed by atoms with van der Waals surface area (Å²) < 4.78 is 19.2. The Morgan fingerprint density at radius 2 is 2.06 bits per heavy atom. The van der Waals surface area contributed by atoms with E-state index in [0.29, 0.717) is 17.0 Å². The third kappa shape index (κ3) is 2.74. The average molecular weight is 266 g/mol. The predicted molar refractivity (Wildman–Crippen MR) is 71.3 cm³/mol. The second-order valence-corrected chi connectivity index (χ2v) is 4.43. The lowest BCUT2D eigenvalue weighted by Crippen LogP contribution is -2.00. The third-order valence-electron chi connectivity index (χ3n) is 2.63. The molecule has 0 aliphatic heterocycles. The molecule has 0 radical (unpaired) electrons. The molecular formula is C14H13ClFNO. The standard InChI is InChI=1S/C14H13ClFNO/c1-9-5-6-11(17)7-13(9)18-8-10-3-2-4-12(15)14(10)16/h2-7H,8,17H2,1H3. The van der Waals surface area contributed by atoms with Crippen molar-refractivity contribution in [3.05, 3.63) is 58.4 Å². The van der Waals surface area contributed by atoms with Crippen LogP contribution in [0.4, 0.5) is 10.1 Å². The van der Waals surface area contributed by atoms with Gasteiger partial charge >= 0.3 is 0 Å². The average Bonchev–Trinajstić information content (AvgIpc) is 2.35. The molecule has 2 aromatic carbocycles. The molecule has 0 saturated carbocycles. The van der Waals surface area contributed by atoms with Crippen LogP contribution in [-0.2, 0) is 6.61 Å². The smallest absolute Gasteiger partial charge is 0.148 e. The highest BCUT2D eigenvalue weighted by atomic mass is 35.5. The SMILES string of the molecule is Cc1ccc(N)cc1OCc1cccc(Cl)c1F. The summed E-state index contributed by atoms with van der Waals surface area (Å²) in [4.78, 5) is 0. The van der Waals surface area contributed by atoms with E-state index in [1.807, 2.05) is 13.0 Å². The maximum atomic E-state index is 13.6. The van der Waals surface area contributed by atoms with Gasteiger partial charge in [-0.2, -0.15) is 0 Å². The monoisotopic (exact) mass is 265 g/mol. The molecule has 2 nitrogen and oxygen atoms in total. The zero-order chi connectivity index (χ0) is 13.1. The maximum absolute atomic E-state index is 13.6. The molecule has 0 saturated heterocycles. The molecule has 2 N–H and O–H groups in total. The second-order valence-electron chi connectivity index (χ2n) is 4.03. The molecule has 0 bridgehead atoms. The van der Waals surface area contributed by atoms with Gasteiger partial charge in [0.15, 0.2) is 0 Å². The molecule has 0 aromatic heterocycles. The molecule has 0 aliphatic carbocycles. The molecule has 0 heterocycles. The van der Waals surface area contributed by atoms with Gasteiger partial charge in [-0.15, -0.1) is 0 Å². The molecule has 94 valence electrons. The molecule has 2 rings (SSSR count). The highest BCUT2D eigenvalue weighted by Gasteiger charge is 2.07. The Kier molecular flexibility index (Phi) is 3.72. The van der Waals surface area contributed by atoms with Crippen molar-refractivity contribution in [2.24, 2.45) is 0 Å². The Morgan fingerprint density at radius 3 is 2.83 bits per heavy atom. The summed E-state index contributed by atoms with van der Waals surface area (Å²) in [7, 11) is 0. The van der Waals surface area contributed by atoms with Crippen molar-refractivity contribution >= 4 is 17.3 Å². The number of ether oxygens (including phenoxy) is 1. The van der Waals surface area contributed by atoms with Crippen molar-refractivity contribution in [3.63, 3.8) is 0 Å². The zero-order valence-corrected chi connectivity index (χ0v) is 10.7. The number of nitrogen functional groups attached to an aromatic ring is 1. The van der Waals surface area contributed by atoms with Gasteiger partial charge in [0.1, 0.15) is 18.2 Å².